The highest BCUT2D eigenvalue weighted by atomic mass is 19.4. The first-order chi connectivity index (χ1) is 10.7. The molecule has 0 aliphatic rings. The molecule has 0 unspecified atom stereocenters. The van der Waals surface area contributed by atoms with E-state index in [1.165, 1.54) is 11.6 Å². The number of aromatic nitrogens is 4. The van der Waals surface area contributed by atoms with Crippen molar-refractivity contribution in [3.63, 3.8) is 0 Å². The van der Waals surface area contributed by atoms with Crippen molar-refractivity contribution in [2.24, 2.45) is 7.05 Å². The van der Waals surface area contributed by atoms with Gasteiger partial charge in [0.25, 0.3) is 0 Å². The standard InChI is InChI=1S/C14H18F3N5O/c1-4-5-10-7-12(21(3)19-10)18-13(23)8-22-9(2)6-11(20-22)14(15,16)17/h6-7H,4-5,8H2,1-3H3,(H,18,23). The smallest absolute Gasteiger partial charge is 0.309 e. The first-order valence-electron chi connectivity index (χ1n) is 7.15. The number of anilines is 1. The van der Waals surface area contributed by atoms with Gasteiger partial charge in [-0.3, -0.25) is 14.2 Å². The monoisotopic (exact) mass is 329 g/mol. The highest BCUT2D eigenvalue weighted by molar-refractivity contribution is 5.89. The number of nitrogens with zero attached hydrogens (tertiary/aromatic N) is 4. The lowest BCUT2D eigenvalue weighted by Gasteiger charge is -2.06. The molecule has 2 rings (SSSR count). The summed E-state index contributed by atoms with van der Waals surface area (Å²) in [5.74, 6) is 0.0373. The molecule has 2 aromatic rings. The van der Waals surface area contributed by atoms with E-state index in [1.54, 1.807) is 13.1 Å². The van der Waals surface area contributed by atoms with Crippen LogP contribution in [0.3, 0.4) is 0 Å². The fourth-order valence-electron chi connectivity index (χ4n) is 2.15. The molecule has 0 bridgehead atoms. The second kappa shape index (κ2) is 6.43. The van der Waals surface area contributed by atoms with Crippen LogP contribution in [0, 0.1) is 6.92 Å². The van der Waals surface area contributed by atoms with Gasteiger partial charge in [-0.05, 0) is 19.4 Å². The second-order valence-corrected chi connectivity index (χ2v) is 5.27. The van der Waals surface area contributed by atoms with Crippen LogP contribution in [0.15, 0.2) is 12.1 Å². The van der Waals surface area contributed by atoms with E-state index in [9.17, 15) is 18.0 Å². The van der Waals surface area contributed by atoms with E-state index >= 15 is 0 Å². The summed E-state index contributed by atoms with van der Waals surface area (Å²) >= 11 is 0. The van der Waals surface area contributed by atoms with Gasteiger partial charge in [-0.15, -0.1) is 0 Å². The van der Waals surface area contributed by atoms with Crippen molar-refractivity contribution in [2.75, 3.05) is 5.32 Å². The average molecular weight is 329 g/mol. The minimum Gasteiger partial charge on any atom is -0.309 e. The first kappa shape index (κ1) is 17.0. The quantitative estimate of drug-likeness (QED) is 0.917. The van der Waals surface area contributed by atoms with Crippen LogP contribution in [0.1, 0.15) is 30.4 Å². The van der Waals surface area contributed by atoms with Crippen LogP contribution in [0.5, 0.6) is 0 Å². The molecule has 1 N–H and O–H groups in total. The minimum atomic E-state index is -4.52. The molecule has 6 nitrogen and oxygen atoms in total. The van der Waals surface area contributed by atoms with Gasteiger partial charge >= 0.3 is 6.18 Å². The Bertz CT molecular complexity index is 702. The summed E-state index contributed by atoms with van der Waals surface area (Å²) in [4.78, 5) is 12.0. The summed E-state index contributed by atoms with van der Waals surface area (Å²) < 4.78 is 40.4. The predicted molar refractivity (Wildman–Crippen MR) is 77.8 cm³/mol. The third-order valence-corrected chi connectivity index (χ3v) is 3.27. The molecule has 0 saturated heterocycles. The maximum Gasteiger partial charge on any atom is 0.435 e. The zero-order chi connectivity index (χ0) is 17.2. The largest absolute Gasteiger partial charge is 0.435 e. The van der Waals surface area contributed by atoms with E-state index < -0.39 is 17.8 Å². The summed E-state index contributed by atoms with van der Waals surface area (Å²) in [5, 5.41) is 10.3. The Morgan fingerprint density at radius 2 is 2.00 bits per heavy atom. The molecule has 0 radical (unpaired) electrons. The summed E-state index contributed by atoms with van der Waals surface area (Å²) in [7, 11) is 1.69. The molecule has 0 aromatic carbocycles. The number of hydrogen-bond acceptors (Lipinski definition) is 3. The van der Waals surface area contributed by atoms with E-state index in [4.69, 9.17) is 0 Å². The average Bonchev–Trinajstić information content (AvgIpc) is 2.94. The second-order valence-electron chi connectivity index (χ2n) is 5.27. The number of halogens is 3. The van der Waals surface area contributed by atoms with Gasteiger partial charge in [0, 0.05) is 18.8 Å². The summed E-state index contributed by atoms with van der Waals surface area (Å²) in [6, 6.07) is 2.66. The molecule has 126 valence electrons. The molecule has 0 aliphatic heterocycles. The minimum absolute atomic E-state index is 0.268. The number of alkyl halides is 3. The topological polar surface area (TPSA) is 64.7 Å². The number of carbonyl (C=O) groups is 1. The van der Waals surface area contributed by atoms with Crippen molar-refractivity contribution in [2.45, 2.75) is 39.4 Å². The van der Waals surface area contributed by atoms with Gasteiger partial charge in [-0.25, -0.2) is 0 Å². The third-order valence-electron chi connectivity index (χ3n) is 3.27. The van der Waals surface area contributed by atoms with Gasteiger partial charge in [0.1, 0.15) is 12.4 Å². The Kier molecular flexibility index (Phi) is 4.76. The molecule has 9 heteroatoms. The SMILES string of the molecule is CCCc1cc(NC(=O)Cn2nc(C(F)(F)F)cc2C)n(C)n1. The van der Waals surface area contributed by atoms with Gasteiger partial charge in [-0.1, -0.05) is 13.3 Å². The molecular formula is C14H18F3N5O. The Morgan fingerprint density at radius 3 is 2.57 bits per heavy atom. The Balaban J connectivity index is 2.07. The van der Waals surface area contributed by atoms with Gasteiger partial charge in [0.2, 0.25) is 5.91 Å². The summed E-state index contributed by atoms with van der Waals surface area (Å²) in [6.45, 7) is 3.20. The predicted octanol–water partition coefficient (Wildman–Crippen LogP) is 2.54. The van der Waals surface area contributed by atoms with Crippen molar-refractivity contribution in [3.05, 3.63) is 29.2 Å². The third kappa shape index (κ3) is 4.11. The van der Waals surface area contributed by atoms with Crippen LogP contribution in [0.4, 0.5) is 19.0 Å². The van der Waals surface area contributed by atoms with Crippen LogP contribution >= 0.6 is 0 Å². The van der Waals surface area contributed by atoms with Crippen molar-refractivity contribution in [1.82, 2.24) is 19.6 Å². The summed E-state index contributed by atoms with van der Waals surface area (Å²) in [6.07, 6.45) is -2.81. The normalized spacial score (nSPS) is 11.7. The highest BCUT2D eigenvalue weighted by Crippen LogP contribution is 2.28. The lowest BCUT2D eigenvalue weighted by atomic mass is 10.2. The van der Waals surface area contributed by atoms with E-state index in [1.807, 2.05) is 6.92 Å². The zero-order valence-electron chi connectivity index (χ0n) is 13.1. The molecule has 23 heavy (non-hydrogen) atoms. The molecule has 0 aliphatic carbocycles. The van der Waals surface area contributed by atoms with Crippen LogP contribution in [0.25, 0.3) is 0 Å². The van der Waals surface area contributed by atoms with E-state index in [0.29, 0.717) is 5.82 Å². The fraction of sp³-hybridized carbons (Fsp3) is 0.500. The molecule has 1 amide bonds. The fourth-order valence-corrected chi connectivity index (χ4v) is 2.15. The molecule has 2 heterocycles. The van der Waals surface area contributed by atoms with Crippen LogP contribution < -0.4 is 5.32 Å². The molecule has 0 fully saturated rings. The van der Waals surface area contributed by atoms with Crippen molar-refractivity contribution >= 4 is 11.7 Å². The van der Waals surface area contributed by atoms with E-state index in [2.05, 4.69) is 15.5 Å². The van der Waals surface area contributed by atoms with E-state index in [-0.39, 0.29) is 12.2 Å². The highest BCUT2D eigenvalue weighted by Gasteiger charge is 2.34. The molecule has 0 atom stereocenters. The van der Waals surface area contributed by atoms with Gasteiger partial charge in [0.15, 0.2) is 5.69 Å². The maximum atomic E-state index is 12.6. The Labute approximate surface area is 131 Å². The molecular weight excluding hydrogens is 311 g/mol. The van der Waals surface area contributed by atoms with Gasteiger partial charge in [-0.2, -0.15) is 23.4 Å². The lowest BCUT2D eigenvalue weighted by molar-refractivity contribution is -0.141. The number of aryl methyl sites for hydroxylation is 3. The number of carbonyl (C=O) groups excluding carboxylic acids is 1. The van der Waals surface area contributed by atoms with Crippen LogP contribution in [-0.2, 0) is 31.0 Å². The Hall–Kier alpha value is -2.32. The van der Waals surface area contributed by atoms with Crippen molar-refractivity contribution in [1.29, 1.82) is 0 Å². The summed E-state index contributed by atoms with van der Waals surface area (Å²) in [5.41, 5.74) is 0.109. The van der Waals surface area contributed by atoms with Crippen LogP contribution in [0.2, 0.25) is 0 Å². The molecule has 2 aromatic heterocycles. The number of amides is 1. The zero-order valence-corrected chi connectivity index (χ0v) is 13.1. The van der Waals surface area contributed by atoms with Crippen molar-refractivity contribution in [3.8, 4) is 0 Å². The number of hydrogen-bond donors (Lipinski definition) is 1. The van der Waals surface area contributed by atoms with Gasteiger partial charge < -0.3 is 5.32 Å². The maximum absolute atomic E-state index is 12.6. The number of nitrogens with one attached hydrogen (secondary N) is 1. The van der Waals surface area contributed by atoms with Gasteiger partial charge in [0.05, 0.1) is 5.69 Å². The van der Waals surface area contributed by atoms with Crippen LogP contribution in [-0.4, -0.2) is 25.5 Å². The van der Waals surface area contributed by atoms with Crippen molar-refractivity contribution < 1.29 is 18.0 Å². The lowest BCUT2D eigenvalue weighted by Crippen LogP contribution is -2.22. The molecule has 0 saturated carbocycles. The number of rotatable bonds is 5. The first-order valence-corrected chi connectivity index (χ1v) is 7.15. The molecule has 0 spiro atoms. The Morgan fingerprint density at radius 1 is 1.30 bits per heavy atom. The van der Waals surface area contributed by atoms with E-state index in [0.717, 1.165) is 29.3 Å².